The van der Waals surface area contributed by atoms with Crippen molar-refractivity contribution in [3.05, 3.63) is 33.4 Å². The fourth-order valence-corrected chi connectivity index (χ4v) is 3.94. The first-order valence-electron chi connectivity index (χ1n) is 8.65. The predicted molar refractivity (Wildman–Crippen MR) is 100 cm³/mol. The van der Waals surface area contributed by atoms with E-state index < -0.39 is 11.6 Å². The summed E-state index contributed by atoms with van der Waals surface area (Å²) in [7, 11) is 0. The number of phenols is 2. The van der Waals surface area contributed by atoms with Crippen LogP contribution in [-0.4, -0.2) is 89.2 Å². The van der Waals surface area contributed by atoms with Crippen LogP contribution in [0.5, 0.6) is 11.5 Å². The molecule has 3 N–H and O–H groups in total. The van der Waals surface area contributed by atoms with E-state index >= 15 is 0 Å². The van der Waals surface area contributed by atoms with Crippen LogP contribution in [0.2, 0.25) is 0 Å². The average molecular weight is 441 g/mol. The number of ether oxygens (including phenoxy) is 1. The van der Waals surface area contributed by atoms with E-state index in [0.29, 0.717) is 39.4 Å². The van der Waals surface area contributed by atoms with Crippen molar-refractivity contribution in [3.63, 3.8) is 0 Å². The van der Waals surface area contributed by atoms with Gasteiger partial charge in [0, 0.05) is 32.7 Å². The van der Waals surface area contributed by atoms with Gasteiger partial charge < -0.3 is 25.0 Å². The first-order valence-corrected chi connectivity index (χ1v) is 9.45. The van der Waals surface area contributed by atoms with Gasteiger partial charge in [0.1, 0.15) is 17.2 Å². The number of allylic oxidation sites excluding steroid dienone is 2. The molecule has 1 aromatic carbocycles. The molecule has 9 heteroatoms. The number of aliphatic hydroxyl groups excluding tert-OH is 1. The van der Waals surface area contributed by atoms with E-state index in [0.717, 1.165) is 6.54 Å². The molecule has 0 amide bonds. The van der Waals surface area contributed by atoms with Crippen molar-refractivity contribution in [3.8, 4) is 11.5 Å². The summed E-state index contributed by atoms with van der Waals surface area (Å²) in [5.41, 5.74) is -0.113. The lowest BCUT2D eigenvalue weighted by Gasteiger charge is -2.38. The van der Waals surface area contributed by atoms with Crippen LogP contribution >= 0.6 is 15.9 Å². The van der Waals surface area contributed by atoms with Gasteiger partial charge in [-0.05, 0) is 28.1 Å². The molecule has 2 aliphatic rings. The number of rotatable bonds is 6. The van der Waals surface area contributed by atoms with Gasteiger partial charge in [-0.3, -0.25) is 14.5 Å². The monoisotopic (exact) mass is 440 g/mol. The smallest absolute Gasteiger partial charge is 0.214 e. The molecule has 1 saturated heterocycles. The third kappa shape index (κ3) is 3.86. The van der Waals surface area contributed by atoms with Gasteiger partial charge in [0.05, 0.1) is 35.4 Å². The van der Waals surface area contributed by atoms with Crippen LogP contribution in [0, 0.1) is 0 Å². The molecule has 1 aliphatic heterocycles. The zero-order valence-corrected chi connectivity index (χ0v) is 16.2. The second-order valence-electron chi connectivity index (χ2n) is 6.34. The Balaban J connectivity index is 1.74. The second kappa shape index (κ2) is 8.39. The topological polar surface area (TPSA) is 111 Å². The number of piperazine rings is 1. The summed E-state index contributed by atoms with van der Waals surface area (Å²) in [6.07, 6.45) is 0. The first kappa shape index (κ1) is 19.8. The molecule has 146 valence electrons. The van der Waals surface area contributed by atoms with Gasteiger partial charge >= 0.3 is 0 Å². The molecule has 1 aliphatic carbocycles. The molecular weight excluding hydrogens is 420 g/mol. The largest absolute Gasteiger partial charge is 0.507 e. The summed E-state index contributed by atoms with van der Waals surface area (Å²) in [5.74, 6) is -1.65. The molecule has 0 radical (unpaired) electrons. The number of aliphatic hydroxyl groups is 1. The number of hydrogen-bond donors (Lipinski definition) is 3. The predicted octanol–water partition coefficient (Wildman–Crippen LogP) is 0.710. The summed E-state index contributed by atoms with van der Waals surface area (Å²) >= 11 is 3.22. The fraction of sp³-hybridized carbons (Fsp3) is 0.444. The van der Waals surface area contributed by atoms with Crippen molar-refractivity contribution in [1.29, 1.82) is 0 Å². The van der Waals surface area contributed by atoms with Gasteiger partial charge in [-0.25, -0.2) is 0 Å². The lowest BCUT2D eigenvalue weighted by Crippen LogP contribution is -2.48. The van der Waals surface area contributed by atoms with Crippen LogP contribution in [0.4, 0.5) is 0 Å². The Morgan fingerprint density at radius 2 is 1.56 bits per heavy atom. The Hall–Kier alpha value is -1.94. The van der Waals surface area contributed by atoms with E-state index in [1.54, 1.807) is 0 Å². The number of halogens is 1. The number of benzene rings is 1. The molecule has 1 aromatic rings. The van der Waals surface area contributed by atoms with E-state index in [2.05, 4.69) is 20.8 Å². The molecule has 0 bridgehead atoms. The van der Waals surface area contributed by atoms with Crippen molar-refractivity contribution in [2.24, 2.45) is 0 Å². The Morgan fingerprint density at radius 3 is 2.15 bits per heavy atom. The Bertz CT molecular complexity index is 786. The molecular formula is C18H21BrN2O6. The van der Waals surface area contributed by atoms with Crippen molar-refractivity contribution >= 4 is 27.5 Å². The molecule has 1 fully saturated rings. The van der Waals surface area contributed by atoms with Gasteiger partial charge in [-0.15, -0.1) is 0 Å². The SMILES string of the molecule is O=C1C(Br)=C(N2CCN(CCOCCO)CC2)C(=O)c2c(O)ccc(O)c21. The van der Waals surface area contributed by atoms with E-state index in [1.807, 2.05) is 4.90 Å². The zero-order chi connectivity index (χ0) is 19.6. The number of fused-ring (bicyclic) bond motifs is 1. The molecule has 0 aromatic heterocycles. The van der Waals surface area contributed by atoms with Gasteiger partial charge in [0.25, 0.3) is 0 Å². The van der Waals surface area contributed by atoms with Crippen LogP contribution in [0.1, 0.15) is 20.7 Å². The van der Waals surface area contributed by atoms with Gasteiger partial charge in [-0.2, -0.15) is 0 Å². The number of hydrogen-bond acceptors (Lipinski definition) is 8. The number of nitrogens with zero attached hydrogens (tertiary/aromatic N) is 2. The van der Waals surface area contributed by atoms with E-state index in [-0.39, 0.29) is 39.4 Å². The standard InChI is InChI=1S/C18H21BrN2O6/c19-15-16(21-5-3-20(4-6-21)7-9-27-10-8-22)18(26)14-12(24)2-1-11(23)13(14)17(15)25/h1-2,22-24H,3-10H2. The molecule has 0 spiro atoms. The summed E-state index contributed by atoms with van der Waals surface area (Å²) < 4.78 is 5.37. The van der Waals surface area contributed by atoms with E-state index in [1.165, 1.54) is 12.1 Å². The highest BCUT2D eigenvalue weighted by molar-refractivity contribution is 9.12. The second-order valence-corrected chi connectivity index (χ2v) is 7.13. The van der Waals surface area contributed by atoms with Crippen molar-refractivity contribution in [2.75, 3.05) is 52.5 Å². The molecule has 3 rings (SSSR count). The first-order chi connectivity index (χ1) is 13.0. The zero-order valence-electron chi connectivity index (χ0n) is 14.7. The minimum Gasteiger partial charge on any atom is -0.507 e. The number of aromatic hydroxyl groups is 2. The number of Topliss-reactive ketones (excluding diaryl/α,β-unsaturated/α-hetero) is 2. The van der Waals surface area contributed by atoms with Crippen LogP contribution in [-0.2, 0) is 4.74 Å². The average Bonchev–Trinajstić information content (AvgIpc) is 2.66. The number of carbonyl (C=O) groups excluding carboxylic acids is 2. The molecule has 1 heterocycles. The third-order valence-electron chi connectivity index (χ3n) is 4.71. The van der Waals surface area contributed by atoms with E-state index in [9.17, 15) is 19.8 Å². The summed E-state index contributed by atoms with van der Waals surface area (Å²) in [6, 6.07) is 2.41. The van der Waals surface area contributed by atoms with Gasteiger partial charge in [0.15, 0.2) is 0 Å². The third-order valence-corrected chi connectivity index (χ3v) is 5.45. The van der Waals surface area contributed by atoms with Crippen molar-refractivity contribution in [2.45, 2.75) is 0 Å². The lowest BCUT2D eigenvalue weighted by molar-refractivity contribution is 0.0606. The maximum absolute atomic E-state index is 13.0. The van der Waals surface area contributed by atoms with Crippen LogP contribution in [0.25, 0.3) is 0 Å². The quantitative estimate of drug-likeness (QED) is 0.438. The Labute approximate surface area is 164 Å². The van der Waals surface area contributed by atoms with E-state index in [4.69, 9.17) is 9.84 Å². The van der Waals surface area contributed by atoms with Crippen molar-refractivity contribution < 1.29 is 29.6 Å². The summed E-state index contributed by atoms with van der Waals surface area (Å²) in [5, 5.41) is 28.7. The lowest BCUT2D eigenvalue weighted by atomic mass is 9.90. The van der Waals surface area contributed by atoms with Crippen molar-refractivity contribution in [1.82, 2.24) is 9.80 Å². The fourth-order valence-electron chi connectivity index (χ4n) is 3.31. The number of phenolic OH excluding ortho intramolecular Hbond substituents is 2. The maximum atomic E-state index is 13.0. The van der Waals surface area contributed by atoms with Crippen LogP contribution in [0.15, 0.2) is 22.3 Å². The Kier molecular flexibility index (Phi) is 6.15. The molecule has 0 atom stereocenters. The molecule has 8 nitrogen and oxygen atoms in total. The number of ketones is 2. The highest BCUT2D eigenvalue weighted by atomic mass is 79.9. The van der Waals surface area contributed by atoms with Crippen LogP contribution in [0.3, 0.4) is 0 Å². The Morgan fingerprint density at radius 1 is 0.963 bits per heavy atom. The number of carbonyl (C=O) groups is 2. The molecule has 27 heavy (non-hydrogen) atoms. The minimum atomic E-state index is -0.521. The summed E-state index contributed by atoms with van der Waals surface area (Å²) in [4.78, 5) is 29.6. The van der Waals surface area contributed by atoms with Gasteiger partial charge in [-0.1, -0.05) is 0 Å². The highest BCUT2D eigenvalue weighted by Gasteiger charge is 2.38. The van der Waals surface area contributed by atoms with Crippen LogP contribution < -0.4 is 0 Å². The van der Waals surface area contributed by atoms with Gasteiger partial charge in [0.2, 0.25) is 11.6 Å². The normalized spacial score (nSPS) is 18.2. The molecule has 0 unspecified atom stereocenters. The molecule has 0 saturated carbocycles. The highest BCUT2D eigenvalue weighted by Crippen LogP contribution is 2.39. The summed E-state index contributed by atoms with van der Waals surface area (Å²) in [6.45, 7) is 4.00. The maximum Gasteiger partial charge on any atom is 0.214 e. The minimum absolute atomic E-state index is 0.00399.